The number of alkyl halides is 3. The number of fused-ring (bicyclic) bond motifs is 1. The van der Waals surface area contributed by atoms with Crippen LogP contribution in [-0.2, 0) is 4.79 Å². The summed E-state index contributed by atoms with van der Waals surface area (Å²) in [6, 6.07) is 10.8. The Morgan fingerprint density at radius 1 is 1.08 bits per heavy atom. The van der Waals surface area contributed by atoms with Crippen LogP contribution in [0, 0.1) is 13.8 Å². The summed E-state index contributed by atoms with van der Waals surface area (Å²) in [5.74, 6) is -0.827. The first kappa shape index (κ1) is 28.0. The van der Waals surface area contributed by atoms with Gasteiger partial charge in [-0.3, -0.25) is 9.59 Å². The first-order chi connectivity index (χ1) is 18.5. The van der Waals surface area contributed by atoms with Crippen molar-refractivity contribution in [1.29, 1.82) is 0 Å². The molecule has 10 heteroatoms. The average molecular weight is 541 g/mol. The Hall–Kier alpha value is -4.05. The molecule has 0 aliphatic carbocycles. The number of anilines is 1. The normalized spacial score (nSPS) is 14.1. The molecule has 0 saturated heterocycles. The molecule has 206 valence electrons. The van der Waals surface area contributed by atoms with Crippen LogP contribution in [-0.4, -0.2) is 54.2 Å². The highest BCUT2D eigenvalue weighted by molar-refractivity contribution is 6.36. The van der Waals surface area contributed by atoms with Crippen LogP contribution in [0.4, 0.5) is 18.9 Å². The number of carbonyl (C=O) groups is 2. The molecule has 3 N–H and O–H groups in total. The Morgan fingerprint density at radius 3 is 2.41 bits per heavy atom. The summed E-state index contributed by atoms with van der Waals surface area (Å²) >= 11 is 0. The van der Waals surface area contributed by atoms with Crippen molar-refractivity contribution < 1.29 is 27.5 Å². The van der Waals surface area contributed by atoms with E-state index in [-0.39, 0.29) is 17.6 Å². The van der Waals surface area contributed by atoms with Crippen LogP contribution in [0.5, 0.6) is 5.75 Å². The summed E-state index contributed by atoms with van der Waals surface area (Å²) in [7, 11) is 0. The van der Waals surface area contributed by atoms with Crippen LogP contribution in [0.25, 0.3) is 22.8 Å². The number of aromatic amines is 1. The second-order valence-corrected chi connectivity index (χ2v) is 9.26. The topological polar surface area (TPSA) is 86.5 Å². The maximum atomic E-state index is 13.0. The van der Waals surface area contributed by atoms with E-state index in [1.807, 2.05) is 13.8 Å². The van der Waals surface area contributed by atoms with Crippen molar-refractivity contribution >= 4 is 29.2 Å². The third-order valence-corrected chi connectivity index (χ3v) is 6.83. The van der Waals surface area contributed by atoms with Crippen molar-refractivity contribution in [2.45, 2.75) is 34.1 Å². The third kappa shape index (κ3) is 6.17. The Labute approximate surface area is 225 Å². The lowest BCUT2D eigenvalue weighted by atomic mass is 9.94. The number of amides is 2. The monoisotopic (exact) mass is 540 g/mol. The summed E-state index contributed by atoms with van der Waals surface area (Å²) in [5.41, 5.74) is 5.46. The summed E-state index contributed by atoms with van der Waals surface area (Å²) in [4.78, 5) is 31.4. The molecule has 0 fully saturated rings. The predicted octanol–water partition coefficient (Wildman–Crippen LogP) is 5.76. The number of carbonyl (C=O) groups excluding carboxylic acids is 2. The lowest BCUT2D eigenvalue weighted by molar-refractivity contribution is -0.274. The van der Waals surface area contributed by atoms with E-state index in [1.54, 1.807) is 24.3 Å². The molecule has 7 nitrogen and oxygen atoms in total. The molecule has 4 rings (SSSR count). The minimum absolute atomic E-state index is 0.184. The molecule has 0 bridgehead atoms. The van der Waals surface area contributed by atoms with Gasteiger partial charge in [0.25, 0.3) is 11.8 Å². The molecule has 2 heterocycles. The first-order valence-electron chi connectivity index (χ1n) is 12.7. The Balaban J connectivity index is 1.64. The van der Waals surface area contributed by atoms with Gasteiger partial charge in [-0.05, 0) is 67.9 Å². The van der Waals surface area contributed by atoms with Crippen molar-refractivity contribution in [3.63, 3.8) is 0 Å². The maximum Gasteiger partial charge on any atom is 0.573 e. The van der Waals surface area contributed by atoms with E-state index in [0.717, 1.165) is 19.6 Å². The molecule has 1 aliphatic heterocycles. The Bertz CT molecular complexity index is 1400. The van der Waals surface area contributed by atoms with Crippen molar-refractivity contribution in [3.05, 3.63) is 70.5 Å². The van der Waals surface area contributed by atoms with Gasteiger partial charge in [0, 0.05) is 35.7 Å². The lowest BCUT2D eigenvalue weighted by Gasteiger charge is -2.18. The van der Waals surface area contributed by atoms with Crippen LogP contribution < -0.4 is 15.4 Å². The number of nitrogens with one attached hydrogen (secondary N) is 3. The van der Waals surface area contributed by atoms with Gasteiger partial charge in [0.2, 0.25) is 0 Å². The fourth-order valence-electron chi connectivity index (χ4n) is 4.82. The molecular weight excluding hydrogens is 509 g/mol. The highest BCUT2D eigenvalue weighted by Crippen LogP contribution is 2.41. The number of aryl methyl sites for hydroxylation is 1. The molecule has 3 aromatic rings. The molecule has 0 spiro atoms. The van der Waals surface area contributed by atoms with Gasteiger partial charge in [-0.1, -0.05) is 38.1 Å². The second kappa shape index (κ2) is 11.4. The summed E-state index contributed by atoms with van der Waals surface area (Å²) < 4.78 is 41.7. The highest BCUT2D eigenvalue weighted by atomic mass is 19.4. The molecule has 0 saturated carbocycles. The van der Waals surface area contributed by atoms with Gasteiger partial charge in [-0.2, -0.15) is 0 Å². The van der Waals surface area contributed by atoms with Crippen LogP contribution in [0.3, 0.4) is 0 Å². The SMILES string of the molecule is CCN(CC)CCNC(=O)c1c(C)[nH]c(/C=C2\C(=O)Nc3cccc(-c4ccc(OC(F)(F)F)cc4)c32)c1C. The molecule has 2 aromatic carbocycles. The summed E-state index contributed by atoms with van der Waals surface area (Å²) in [6.07, 6.45) is -3.07. The third-order valence-electron chi connectivity index (χ3n) is 6.83. The molecular formula is C29H31F3N4O3. The smallest absolute Gasteiger partial charge is 0.406 e. The molecule has 39 heavy (non-hydrogen) atoms. The van der Waals surface area contributed by atoms with E-state index < -0.39 is 6.36 Å². The van der Waals surface area contributed by atoms with E-state index >= 15 is 0 Å². The van der Waals surface area contributed by atoms with Crippen LogP contribution in [0.15, 0.2) is 42.5 Å². The molecule has 0 unspecified atom stereocenters. The molecule has 1 aliphatic rings. The van der Waals surface area contributed by atoms with Gasteiger partial charge >= 0.3 is 6.36 Å². The Kier molecular flexibility index (Phi) is 8.15. The zero-order valence-corrected chi connectivity index (χ0v) is 22.3. The van der Waals surface area contributed by atoms with E-state index in [9.17, 15) is 22.8 Å². The average Bonchev–Trinajstić information content (AvgIpc) is 3.35. The predicted molar refractivity (Wildman–Crippen MR) is 145 cm³/mol. The minimum atomic E-state index is -4.78. The van der Waals surface area contributed by atoms with Crippen molar-refractivity contribution in [1.82, 2.24) is 15.2 Å². The quantitative estimate of drug-likeness (QED) is 0.301. The van der Waals surface area contributed by atoms with Crippen molar-refractivity contribution in [3.8, 4) is 16.9 Å². The number of H-pyrrole nitrogens is 1. The van der Waals surface area contributed by atoms with Gasteiger partial charge in [0.15, 0.2) is 0 Å². The zero-order valence-electron chi connectivity index (χ0n) is 22.3. The van der Waals surface area contributed by atoms with Crippen LogP contribution >= 0.6 is 0 Å². The number of hydrogen-bond donors (Lipinski definition) is 3. The maximum absolute atomic E-state index is 13.0. The number of nitrogens with zero attached hydrogens (tertiary/aromatic N) is 1. The van der Waals surface area contributed by atoms with Crippen molar-refractivity contribution in [2.75, 3.05) is 31.5 Å². The van der Waals surface area contributed by atoms with Gasteiger partial charge in [0.05, 0.1) is 11.1 Å². The van der Waals surface area contributed by atoms with Gasteiger partial charge in [-0.25, -0.2) is 0 Å². The molecule has 0 atom stereocenters. The van der Waals surface area contributed by atoms with Gasteiger partial charge in [0.1, 0.15) is 5.75 Å². The summed E-state index contributed by atoms with van der Waals surface area (Å²) in [5, 5.41) is 5.83. The number of likely N-dealkylation sites (N-methyl/N-ethyl adjacent to an activating group) is 1. The Morgan fingerprint density at radius 2 is 1.77 bits per heavy atom. The van der Waals surface area contributed by atoms with Crippen LogP contribution in [0.1, 0.15) is 46.7 Å². The molecule has 1 aromatic heterocycles. The number of hydrogen-bond acceptors (Lipinski definition) is 4. The standard InChI is InChI=1S/C29H31F3N4O3/c1-5-36(6-2)15-14-33-28(38)25-17(3)24(34-18(25)4)16-22-26-21(8-7-9-23(26)35-27(22)37)19-10-12-20(13-11-19)39-29(30,31)32/h7-13,16,34H,5-6,14-15H2,1-4H3,(H,33,38)(H,35,37)/b22-16-. The number of ether oxygens (including phenoxy) is 1. The highest BCUT2D eigenvalue weighted by Gasteiger charge is 2.31. The fraction of sp³-hybridized carbons (Fsp3) is 0.310. The van der Waals surface area contributed by atoms with E-state index in [2.05, 4.69) is 39.1 Å². The fourth-order valence-corrected chi connectivity index (χ4v) is 4.82. The van der Waals surface area contributed by atoms with E-state index in [4.69, 9.17) is 0 Å². The largest absolute Gasteiger partial charge is 0.573 e. The van der Waals surface area contributed by atoms with Crippen molar-refractivity contribution in [2.24, 2.45) is 0 Å². The molecule has 0 radical (unpaired) electrons. The zero-order chi connectivity index (χ0) is 28.3. The summed E-state index contributed by atoms with van der Waals surface area (Å²) in [6.45, 7) is 10.9. The van der Waals surface area contributed by atoms with E-state index in [0.29, 0.717) is 57.0 Å². The lowest BCUT2D eigenvalue weighted by Crippen LogP contribution is -2.35. The minimum Gasteiger partial charge on any atom is -0.406 e. The number of benzene rings is 2. The number of halogens is 3. The van der Waals surface area contributed by atoms with Gasteiger partial charge < -0.3 is 25.3 Å². The first-order valence-corrected chi connectivity index (χ1v) is 12.7. The number of aromatic nitrogens is 1. The van der Waals surface area contributed by atoms with Crippen LogP contribution in [0.2, 0.25) is 0 Å². The molecule has 2 amide bonds. The second-order valence-electron chi connectivity index (χ2n) is 9.26. The van der Waals surface area contributed by atoms with E-state index in [1.165, 1.54) is 24.3 Å². The number of rotatable bonds is 9. The van der Waals surface area contributed by atoms with Gasteiger partial charge in [-0.15, -0.1) is 13.2 Å².